The molecule has 0 fully saturated rings. The molecule has 0 aliphatic heterocycles. The number of rotatable bonds is 4. The molecular weight excluding hydrogens is 260 g/mol. The van der Waals surface area contributed by atoms with Crippen molar-refractivity contribution in [3.63, 3.8) is 0 Å². The Hall–Kier alpha value is -2.23. The predicted molar refractivity (Wildman–Crippen MR) is 73.0 cm³/mol. The van der Waals surface area contributed by atoms with Crippen LogP contribution >= 0.6 is 0 Å². The van der Waals surface area contributed by atoms with Gasteiger partial charge in [-0.05, 0) is 23.8 Å². The van der Waals surface area contributed by atoms with Gasteiger partial charge in [0.1, 0.15) is 11.6 Å². The number of carbonyl (C=O) groups excluding carboxylic acids is 1. The fourth-order valence-corrected chi connectivity index (χ4v) is 1.88. The molecule has 0 heterocycles. The van der Waals surface area contributed by atoms with Crippen molar-refractivity contribution in [2.24, 2.45) is 0 Å². The maximum Gasteiger partial charge on any atom is 0.227 e. The molecular formula is C16H15F2NO. The molecule has 0 aromatic heterocycles. The van der Waals surface area contributed by atoms with Crippen LogP contribution in [0.3, 0.4) is 0 Å². The average Bonchev–Trinajstić information content (AvgIpc) is 2.44. The van der Waals surface area contributed by atoms with Crippen molar-refractivity contribution in [1.82, 2.24) is 4.90 Å². The van der Waals surface area contributed by atoms with Crippen molar-refractivity contribution >= 4 is 5.91 Å². The van der Waals surface area contributed by atoms with Gasteiger partial charge in [0.05, 0.1) is 6.42 Å². The molecule has 2 nitrogen and oxygen atoms in total. The fraction of sp³-hybridized carbons (Fsp3) is 0.188. The maximum atomic E-state index is 13.5. The number of hydrogen-bond acceptors (Lipinski definition) is 1. The van der Waals surface area contributed by atoms with Gasteiger partial charge in [-0.3, -0.25) is 4.79 Å². The molecule has 0 saturated carbocycles. The zero-order valence-electron chi connectivity index (χ0n) is 11.1. The van der Waals surface area contributed by atoms with E-state index in [9.17, 15) is 13.6 Å². The quantitative estimate of drug-likeness (QED) is 0.839. The summed E-state index contributed by atoms with van der Waals surface area (Å²) in [6, 6.07) is 12.1. The molecule has 0 spiro atoms. The SMILES string of the molecule is CN(Cc1ccccc1F)C(=O)Cc1ccc(F)cc1. The van der Waals surface area contributed by atoms with Crippen LogP contribution in [0.25, 0.3) is 0 Å². The van der Waals surface area contributed by atoms with E-state index < -0.39 is 0 Å². The number of carbonyl (C=O) groups is 1. The lowest BCUT2D eigenvalue weighted by Crippen LogP contribution is -2.28. The summed E-state index contributed by atoms with van der Waals surface area (Å²) < 4.78 is 26.3. The lowest BCUT2D eigenvalue weighted by Gasteiger charge is -2.17. The van der Waals surface area contributed by atoms with Crippen LogP contribution in [0.1, 0.15) is 11.1 Å². The molecule has 0 atom stereocenters. The summed E-state index contributed by atoms with van der Waals surface area (Å²) in [6.07, 6.45) is 0.172. The van der Waals surface area contributed by atoms with Crippen LogP contribution in [0.4, 0.5) is 8.78 Å². The van der Waals surface area contributed by atoms with Crippen molar-refractivity contribution in [3.05, 3.63) is 71.3 Å². The second kappa shape index (κ2) is 6.28. The van der Waals surface area contributed by atoms with E-state index in [1.807, 2.05) is 0 Å². The van der Waals surface area contributed by atoms with Crippen LogP contribution in [0.5, 0.6) is 0 Å². The molecule has 0 bridgehead atoms. The number of nitrogens with zero attached hydrogens (tertiary/aromatic N) is 1. The first kappa shape index (κ1) is 14.2. The van der Waals surface area contributed by atoms with Gasteiger partial charge in [0, 0.05) is 19.2 Å². The van der Waals surface area contributed by atoms with Crippen molar-refractivity contribution in [2.45, 2.75) is 13.0 Å². The molecule has 2 rings (SSSR count). The minimum Gasteiger partial charge on any atom is -0.341 e. The van der Waals surface area contributed by atoms with E-state index in [1.165, 1.54) is 23.1 Å². The maximum absolute atomic E-state index is 13.5. The van der Waals surface area contributed by atoms with Gasteiger partial charge in [0.15, 0.2) is 0 Å². The van der Waals surface area contributed by atoms with Gasteiger partial charge in [0.2, 0.25) is 5.91 Å². The summed E-state index contributed by atoms with van der Waals surface area (Å²) in [5.41, 5.74) is 1.21. The molecule has 4 heteroatoms. The Labute approximate surface area is 116 Å². The van der Waals surface area contributed by atoms with Crippen molar-refractivity contribution in [2.75, 3.05) is 7.05 Å². The highest BCUT2D eigenvalue weighted by molar-refractivity contribution is 5.78. The molecule has 0 radical (unpaired) electrons. The van der Waals surface area contributed by atoms with Gasteiger partial charge in [0.25, 0.3) is 0 Å². The van der Waals surface area contributed by atoms with Crippen LogP contribution < -0.4 is 0 Å². The summed E-state index contributed by atoms with van der Waals surface area (Å²) in [5.74, 6) is -0.797. The standard InChI is InChI=1S/C16H15F2NO/c1-19(11-13-4-2-3-5-15(13)18)16(20)10-12-6-8-14(17)9-7-12/h2-9H,10-11H2,1H3. The smallest absolute Gasteiger partial charge is 0.227 e. The Kier molecular flexibility index (Phi) is 4.45. The van der Waals surface area contributed by atoms with Gasteiger partial charge >= 0.3 is 0 Å². The minimum absolute atomic E-state index is 0.139. The van der Waals surface area contributed by atoms with E-state index in [4.69, 9.17) is 0 Å². The molecule has 2 aromatic rings. The Morgan fingerprint density at radius 3 is 2.35 bits per heavy atom. The monoisotopic (exact) mass is 275 g/mol. The highest BCUT2D eigenvalue weighted by Gasteiger charge is 2.12. The highest BCUT2D eigenvalue weighted by Crippen LogP contribution is 2.11. The number of likely N-dealkylation sites (N-methyl/N-ethyl adjacent to an activating group) is 1. The van der Waals surface area contributed by atoms with E-state index in [0.29, 0.717) is 5.56 Å². The summed E-state index contributed by atoms with van der Waals surface area (Å²) in [6.45, 7) is 0.215. The lowest BCUT2D eigenvalue weighted by atomic mass is 10.1. The zero-order valence-corrected chi connectivity index (χ0v) is 11.1. The van der Waals surface area contributed by atoms with E-state index in [0.717, 1.165) is 5.56 Å². The average molecular weight is 275 g/mol. The largest absolute Gasteiger partial charge is 0.341 e. The number of hydrogen-bond donors (Lipinski definition) is 0. The molecule has 1 amide bonds. The van der Waals surface area contributed by atoms with Gasteiger partial charge in [-0.1, -0.05) is 30.3 Å². The second-order valence-corrected chi connectivity index (χ2v) is 4.64. The normalized spacial score (nSPS) is 10.3. The van der Waals surface area contributed by atoms with E-state index in [2.05, 4.69) is 0 Å². The minimum atomic E-state index is -0.332. The molecule has 104 valence electrons. The van der Waals surface area contributed by atoms with Crippen LogP contribution in [0.15, 0.2) is 48.5 Å². The lowest BCUT2D eigenvalue weighted by molar-refractivity contribution is -0.129. The summed E-state index contributed by atoms with van der Waals surface area (Å²) in [4.78, 5) is 13.5. The van der Waals surface area contributed by atoms with Gasteiger partial charge < -0.3 is 4.90 Å². The van der Waals surface area contributed by atoms with E-state index >= 15 is 0 Å². The third-order valence-electron chi connectivity index (χ3n) is 3.06. The van der Waals surface area contributed by atoms with E-state index in [1.54, 1.807) is 37.4 Å². The molecule has 0 aliphatic carbocycles. The molecule has 0 N–H and O–H groups in total. The summed E-state index contributed by atoms with van der Waals surface area (Å²) in [7, 11) is 1.62. The Morgan fingerprint density at radius 2 is 1.70 bits per heavy atom. The van der Waals surface area contributed by atoms with Crippen molar-refractivity contribution < 1.29 is 13.6 Å². The predicted octanol–water partition coefficient (Wildman–Crippen LogP) is 3.17. The van der Waals surface area contributed by atoms with Crippen LogP contribution in [-0.2, 0) is 17.8 Å². The topological polar surface area (TPSA) is 20.3 Å². The summed E-state index contributed by atoms with van der Waals surface area (Å²) in [5, 5.41) is 0. The first-order valence-electron chi connectivity index (χ1n) is 6.28. The summed E-state index contributed by atoms with van der Waals surface area (Å²) >= 11 is 0. The van der Waals surface area contributed by atoms with Gasteiger partial charge in [-0.25, -0.2) is 8.78 Å². The zero-order chi connectivity index (χ0) is 14.5. The van der Waals surface area contributed by atoms with Crippen LogP contribution in [0.2, 0.25) is 0 Å². The molecule has 0 aliphatic rings. The molecule has 2 aromatic carbocycles. The van der Waals surface area contributed by atoms with Crippen molar-refractivity contribution in [3.8, 4) is 0 Å². The van der Waals surface area contributed by atoms with Crippen LogP contribution in [0, 0.1) is 11.6 Å². The molecule has 0 saturated heterocycles. The second-order valence-electron chi connectivity index (χ2n) is 4.64. The highest BCUT2D eigenvalue weighted by atomic mass is 19.1. The van der Waals surface area contributed by atoms with Gasteiger partial charge in [-0.2, -0.15) is 0 Å². The first-order valence-corrected chi connectivity index (χ1v) is 6.28. The fourth-order valence-electron chi connectivity index (χ4n) is 1.88. The number of benzene rings is 2. The third-order valence-corrected chi connectivity index (χ3v) is 3.06. The number of halogens is 2. The first-order chi connectivity index (χ1) is 9.56. The third kappa shape index (κ3) is 3.63. The Bertz CT molecular complexity index is 596. The number of amides is 1. The Balaban J connectivity index is 1.99. The molecule has 0 unspecified atom stereocenters. The van der Waals surface area contributed by atoms with Crippen LogP contribution in [-0.4, -0.2) is 17.9 Å². The van der Waals surface area contributed by atoms with Gasteiger partial charge in [-0.15, -0.1) is 0 Å². The van der Waals surface area contributed by atoms with E-state index in [-0.39, 0.29) is 30.5 Å². The molecule has 20 heavy (non-hydrogen) atoms. The Morgan fingerprint density at radius 1 is 1.05 bits per heavy atom. The van der Waals surface area contributed by atoms with Crippen molar-refractivity contribution in [1.29, 1.82) is 0 Å².